The van der Waals surface area contributed by atoms with Gasteiger partial charge in [-0.3, -0.25) is 4.79 Å². The molecule has 1 aliphatic carbocycles. The second kappa shape index (κ2) is 4.81. The molecule has 0 aromatic heterocycles. The van der Waals surface area contributed by atoms with Crippen LogP contribution in [0.25, 0.3) is 0 Å². The van der Waals surface area contributed by atoms with E-state index in [2.05, 4.69) is 13.8 Å². The molecule has 0 aromatic rings. The molecular weight excluding hydrogens is 176 g/mol. The summed E-state index contributed by atoms with van der Waals surface area (Å²) in [5, 5.41) is 9.09. The highest BCUT2D eigenvalue weighted by Crippen LogP contribution is 2.51. The summed E-state index contributed by atoms with van der Waals surface area (Å²) in [5.41, 5.74) is -0.311. The molecular formula is C12H22O2. The first-order chi connectivity index (χ1) is 6.64. The van der Waals surface area contributed by atoms with Crippen molar-refractivity contribution in [2.24, 2.45) is 11.3 Å². The molecule has 0 aromatic carbocycles. The van der Waals surface area contributed by atoms with Crippen LogP contribution in [0.3, 0.4) is 0 Å². The molecule has 1 rings (SSSR count). The Labute approximate surface area is 86.7 Å². The minimum absolute atomic E-state index is 0.311. The van der Waals surface area contributed by atoms with Gasteiger partial charge in [0.05, 0.1) is 5.41 Å². The Morgan fingerprint density at radius 1 is 1.29 bits per heavy atom. The zero-order valence-corrected chi connectivity index (χ0v) is 9.38. The molecule has 0 unspecified atom stereocenters. The normalized spacial score (nSPS) is 18.5. The van der Waals surface area contributed by atoms with Gasteiger partial charge in [-0.2, -0.15) is 0 Å². The van der Waals surface area contributed by atoms with E-state index in [9.17, 15) is 4.79 Å². The fourth-order valence-electron chi connectivity index (χ4n) is 2.37. The van der Waals surface area contributed by atoms with Gasteiger partial charge >= 0.3 is 5.97 Å². The number of carboxylic acids is 1. The smallest absolute Gasteiger partial charge is 0.309 e. The Morgan fingerprint density at radius 2 is 1.79 bits per heavy atom. The third-order valence-electron chi connectivity index (χ3n) is 3.38. The Bertz CT molecular complexity index is 188. The monoisotopic (exact) mass is 198 g/mol. The molecule has 1 fully saturated rings. The zero-order chi connectivity index (χ0) is 10.6. The summed E-state index contributed by atoms with van der Waals surface area (Å²) >= 11 is 0. The Morgan fingerprint density at radius 3 is 2.07 bits per heavy atom. The summed E-state index contributed by atoms with van der Waals surface area (Å²) in [6, 6.07) is 0. The molecule has 0 heterocycles. The fourth-order valence-corrected chi connectivity index (χ4v) is 2.37. The van der Waals surface area contributed by atoms with Gasteiger partial charge in [-0.1, -0.05) is 39.5 Å². The first-order valence-electron chi connectivity index (χ1n) is 5.88. The molecule has 2 nitrogen and oxygen atoms in total. The number of hydrogen-bond acceptors (Lipinski definition) is 1. The largest absolute Gasteiger partial charge is 0.481 e. The molecule has 2 heteroatoms. The molecule has 0 amide bonds. The van der Waals surface area contributed by atoms with Crippen LogP contribution in [-0.4, -0.2) is 11.1 Å². The molecule has 0 atom stereocenters. The quantitative estimate of drug-likeness (QED) is 0.680. The second-order valence-corrected chi connectivity index (χ2v) is 4.73. The number of carboxylic acid groups (broad SMARTS) is 1. The van der Waals surface area contributed by atoms with Gasteiger partial charge in [0.1, 0.15) is 0 Å². The van der Waals surface area contributed by atoms with Crippen molar-refractivity contribution in [3.63, 3.8) is 0 Å². The maximum atomic E-state index is 11.0. The summed E-state index contributed by atoms with van der Waals surface area (Å²) < 4.78 is 0. The Hall–Kier alpha value is -0.530. The molecule has 82 valence electrons. The average molecular weight is 198 g/mol. The summed E-state index contributed by atoms with van der Waals surface area (Å²) in [6.45, 7) is 4.37. The van der Waals surface area contributed by atoms with Gasteiger partial charge in [-0.25, -0.2) is 0 Å². The van der Waals surface area contributed by atoms with Crippen molar-refractivity contribution in [2.45, 2.75) is 58.8 Å². The molecule has 0 bridgehead atoms. The predicted molar refractivity (Wildman–Crippen MR) is 57.2 cm³/mol. The van der Waals surface area contributed by atoms with E-state index in [0.717, 1.165) is 19.3 Å². The zero-order valence-electron chi connectivity index (χ0n) is 9.38. The second-order valence-electron chi connectivity index (χ2n) is 4.73. The highest BCUT2D eigenvalue weighted by atomic mass is 16.4. The standard InChI is InChI=1S/C12H22O2/c1-3-5-10(6-4-2)9-12(7-8-12)11(13)14/h10H,3-9H2,1-2H3,(H,13,14). The molecule has 14 heavy (non-hydrogen) atoms. The molecule has 0 aliphatic heterocycles. The van der Waals surface area contributed by atoms with E-state index in [1.807, 2.05) is 0 Å². The van der Waals surface area contributed by atoms with Crippen LogP contribution in [0.5, 0.6) is 0 Å². The lowest BCUT2D eigenvalue weighted by atomic mass is 9.86. The molecule has 1 N–H and O–H groups in total. The van der Waals surface area contributed by atoms with Crippen LogP contribution in [0, 0.1) is 11.3 Å². The van der Waals surface area contributed by atoms with E-state index in [1.54, 1.807) is 0 Å². The first-order valence-corrected chi connectivity index (χ1v) is 5.88. The average Bonchev–Trinajstić information content (AvgIpc) is 2.86. The van der Waals surface area contributed by atoms with Crippen molar-refractivity contribution in [1.29, 1.82) is 0 Å². The molecule has 0 saturated heterocycles. The van der Waals surface area contributed by atoms with E-state index >= 15 is 0 Å². The van der Waals surface area contributed by atoms with Crippen LogP contribution in [0.15, 0.2) is 0 Å². The van der Waals surface area contributed by atoms with Crippen LogP contribution in [0.2, 0.25) is 0 Å². The lowest BCUT2D eigenvalue weighted by Gasteiger charge is -2.19. The fraction of sp³-hybridized carbons (Fsp3) is 0.917. The van der Waals surface area contributed by atoms with Gasteiger partial charge in [0.25, 0.3) is 0 Å². The highest BCUT2D eigenvalue weighted by Gasteiger charge is 2.50. The van der Waals surface area contributed by atoms with Crippen molar-refractivity contribution in [1.82, 2.24) is 0 Å². The molecule has 1 aliphatic rings. The van der Waals surface area contributed by atoms with Gasteiger partial charge < -0.3 is 5.11 Å². The van der Waals surface area contributed by atoms with Gasteiger partial charge in [-0.05, 0) is 25.2 Å². The lowest BCUT2D eigenvalue weighted by molar-refractivity contribution is -0.144. The topological polar surface area (TPSA) is 37.3 Å². The van der Waals surface area contributed by atoms with E-state index in [-0.39, 0.29) is 5.41 Å². The van der Waals surface area contributed by atoms with E-state index in [1.165, 1.54) is 25.7 Å². The highest BCUT2D eigenvalue weighted by molar-refractivity contribution is 5.77. The maximum Gasteiger partial charge on any atom is 0.309 e. The number of hydrogen-bond donors (Lipinski definition) is 1. The van der Waals surface area contributed by atoms with E-state index < -0.39 is 5.97 Å². The van der Waals surface area contributed by atoms with Crippen molar-refractivity contribution in [3.8, 4) is 0 Å². The molecule has 1 saturated carbocycles. The molecule has 0 spiro atoms. The first kappa shape index (κ1) is 11.5. The minimum Gasteiger partial charge on any atom is -0.481 e. The summed E-state index contributed by atoms with van der Waals surface area (Å²) in [6.07, 6.45) is 7.50. The van der Waals surface area contributed by atoms with Gasteiger partial charge in [0.2, 0.25) is 0 Å². The number of rotatable bonds is 7. The lowest BCUT2D eigenvalue weighted by Crippen LogP contribution is -2.19. The minimum atomic E-state index is -0.560. The van der Waals surface area contributed by atoms with E-state index in [0.29, 0.717) is 5.92 Å². The van der Waals surface area contributed by atoms with Crippen LogP contribution >= 0.6 is 0 Å². The van der Waals surface area contributed by atoms with Crippen LogP contribution in [-0.2, 0) is 4.79 Å². The SMILES string of the molecule is CCCC(CCC)CC1(C(=O)O)CC1. The van der Waals surface area contributed by atoms with Crippen LogP contribution in [0.1, 0.15) is 58.8 Å². The van der Waals surface area contributed by atoms with Crippen molar-refractivity contribution < 1.29 is 9.90 Å². The number of carbonyl (C=O) groups is 1. The maximum absolute atomic E-state index is 11.0. The third-order valence-corrected chi connectivity index (χ3v) is 3.38. The summed E-state index contributed by atoms with van der Waals surface area (Å²) in [7, 11) is 0. The third kappa shape index (κ3) is 2.73. The van der Waals surface area contributed by atoms with Crippen LogP contribution < -0.4 is 0 Å². The summed E-state index contributed by atoms with van der Waals surface area (Å²) in [4.78, 5) is 11.0. The van der Waals surface area contributed by atoms with Crippen molar-refractivity contribution in [3.05, 3.63) is 0 Å². The van der Waals surface area contributed by atoms with Crippen molar-refractivity contribution >= 4 is 5.97 Å². The predicted octanol–water partition coefficient (Wildman–Crippen LogP) is 3.46. The van der Waals surface area contributed by atoms with Crippen molar-refractivity contribution in [2.75, 3.05) is 0 Å². The number of aliphatic carboxylic acids is 1. The van der Waals surface area contributed by atoms with Gasteiger partial charge in [0.15, 0.2) is 0 Å². The van der Waals surface area contributed by atoms with Gasteiger partial charge in [0, 0.05) is 0 Å². The molecule has 0 radical (unpaired) electrons. The Balaban J connectivity index is 2.42. The Kier molecular flexibility index (Phi) is 3.97. The van der Waals surface area contributed by atoms with E-state index in [4.69, 9.17) is 5.11 Å². The van der Waals surface area contributed by atoms with Crippen LogP contribution in [0.4, 0.5) is 0 Å². The summed E-state index contributed by atoms with van der Waals surface area (Å²) in [5.74, 6) is 0.0818. The van der Waals surface area contributed by atoms with Gasteiger partial charge in [-0.15, -0.1) is 0 Å².